The van der Waals surface area contributed by atoms with E-state index in [2.05, 4.69) is 0 Å². The molecular weight excluding hydrogens is 273 g/mol. The average molecular weight is 289 g/mol. The van der Waals surface area contributed by atoms with E-state index in [1.807, 2.05) is 31.2 Å². The lowest BCUT2D eigenvalue weighted by molar-refractivity contribution is 0.0451. The Balaban J connectivity index is 1.82. The number of anilines is 1. The summed E-state index contributed by atoms with van der Waals surface area (Å²) in [5, 5.41) is 0. The zero-order valence-electron chi connectivity index (χ0n) is 11.6. The second kappa shape index (κ2) is 6.74. The number of nitrogen functional groups attached to an aromatic ring is 1. The van der Waals surface area contributed by atoms with Crippen LogP contribution < -0.4 is 10.5 Å². The van der Waals surface area contributed by atoms with Gasteiger partial charge < -0.3 is 15.2 Å². The Bertz CT molecular complexity index is 643. The van der Waals surface area contributed by atoms with Crippen molar-refractivity contribution in [1.29, 1.82) is 0 Å². The highest BCUT2D eigenvalue weighted by Crippen LogP contribution is 2.15. The minimum absolute atomic E-state index is 0.0552. The number of aryl methyl sites for hydroxylation is 1. The first-order chi connectivity index (χ1) is 10.1. The molecule has 0 saturated carbocycles. The van der Waals surface area contributed by atoms with Crippen LogP contribution in [0, 0.1) is 12.7 Å². The van der Waals surface area contributed by atoms with Crippen LogP contribution in [0.2, 0.25) is 0 Å². The summed E-state index contributed by atoms with van der Waals surface area (Å²) in [5.41, 5.74) is 6.85. The van der Waals surface area contributed by atoms with Crippen molar-refractivity contribution >= 4 is 11.7 Å². The Labute approximate surface area is 122 Å². The van der Waals surface area contributed by atoms with Crippen LogP contribution in [0.15, 0.2) is 42.5 Å². The van der Waals surface area contributed by atoms with Crippen LogP contribution in [0.3, 0.4) is 0 Å². The molecule has 5 heteroatoms. The number of nitrogens with two attached hydrogens (primary N) is 1. The summed E-state index contributed by atoms with van der Waals surface area (Å²) in [6.45, 7) is 2.28. The Morgan fingerprint density at radius 2 is 2.00 bits per heavy atom. The van der Waals surface area contributed by atoms with E-state index >= 15 is 0 Å². The van der Waals surface area contributed by atoms with E-state index in [9.17, 15) is 9.18 Å². The molecule has 0 fully saturated rings. The first-order valence-corrected chi connectivity index (χ1v) is 6.48. The molecule has 0 bridgehead atoms. The molecule has 0 aliphatic heterocycles. The van der Waals surface area contributed by atoms with Gasteiger partial charge in [0.25, 0.3) is 0 Å². The Kier molecular flexibility index (Phi) is 4.77. The van der Waals surface area contributed by atoms with Crippen molar-refractivity contribution in [2.45, 2.75) is 6.92 Å². The number of carbonyl (C=O) groups excluding carboxylic acids is 1. The van der Waals surface area contributed by atoms with Crippen molar-refractivity contribution < 1.29 is 18.7 Å². The van der Waals surface area contributed by atoms with Gasteiger partial charge in [-0.2, -0.15) is 0 Å². The van der Waals surface area contributed by atoms with Gasteiger partial charge in [-0.1, -0.05) is 12.1 Å². The van der Waals surface area contributed by atoms with E-state index in [1.165, 1.54) is 6.07 Å². The Morgan fingerprint density at radius 1 is 1.19 bits per heavy atom. The minimum Gasteiger partial charge on any atom is -0.490 e. The third kappa shape index (κ3) is 4.21. The molecule has 4 nitrogen and oxygen atoms in total. The number of rotatable bonds is 5. The summed E-state index contributed by atoms with van der Waals surface area (Å²) < 4.78 is 23.4. The largest absolute Gasteiger partial charge is 0.490 e. The third-order valence-electron chi connectivity index (χ3n) is 2.81. The molecule has 0 aromatic heterocycles. The van der Waals surface area contributed by atoms with Gasteiger partial charge >= 0.3 is 5.97 Å². The first-order valence-electron chi connectivity index (χ1n) is 6.48. The van der Waals surface area contributed by atoms with Gasteiger partial charge in [-0.3, -0.25) is 0 Å². The van der Waals surface area contributed by atoms with Crippen LogP contribution in [0.1, 0.15) is 15.9 Å². The summed E-state index contributed by atoms with van der Waals surface area (Å²) >= 11 is 0. The average Bonchev–Trinajstić information content (AvgIpc) is 2.43. The Morgan fingerprint density at radius 3 is 2.71 bits per heavy atom. The normalized spacial score (nSPS) is 10.2. The van der Waals surface area contributed by atoms with Crippen LogP contribution in [-0.4, -0.2) is 19.2 Å². The van der Waals surface area contributed by atoms with Gasteiger partial charge in [0.2, 0.25) is 0 Å². The second-order valence-corrected chi connectivity index (χ2v) is 4.53. The van der Waals surface area contributed by atoms with E-state index in [1.54, 1.807) is 0 Å². The van der Waals surface area contributed by atoms with E-state index in [4.69, 9.17) is 15.2 Å². The van der Waals surface area contributed by atoms with Crippen molar-refractivity contribution in [3.63, 3.8) is 0 Å². The number of benzene rings is 2. The fourth-order valence-corrected chi connectivity index (χ4v) is 1.80. The summed E-state index contributed by atoms with van der Waals surface area (Å²) in [7, 11) is 0. The number of ether oxygens (including phenoxy) is 2. The fourth-order valence-electron chi connectivity index (χ4n) is 1.80. The molecule has 0 aliphatic carbocycles. The maximum atomic E-state index is 12.9. The number of hydrogen-bond acceptors (Lipinski definition) is 4. The minimum atomic E-state index is -0.597. The molecule has 2 aromatic rings. The van der Waals surface area contributed by atoms with E-state index in [0.717, 1.165) is 17.7 Å². The predicted molar refractivity (Wildman–Crippen MR) is 77.8 cm³/mol. The highest BCUT2D eigenvalue weighted by atomic mass is 19.1. The maximum absolute atomic E-state index is 12.9. The molecule has 0 heterocycles. The van der Waals surface area contributed by atoms with Gasteiger partial charge in [-0.05, 0) is 42.8 Å². The van der Waals surface area contributed by atoms with E-state index < -0.39 is 11.8 Å². The predicted octanol–water partition coefficient (Wildman–Crippen LogP) is 2.95. The molecule has 0 amide bonds. The molecule has 2 aromatic carbocycles. The number of hydrogen-bond donors (Lipinski definition) is 1. The lowest BCUT2D eigenvalue weighted by Crippen LogP contribution is -2.14. The van der Waals surface area contributed by atoms with Crippen molar-refractivity contribution in [3.8, 4) is 5.75 Å². The summed E-state index contributed by atoms with van der Waals surface area (Å²) in [5.74, 6) is -0.375. The third-order valence-corrected chi connectivity index (χ3v) is 2.81. The second-order valence-electron chi connectivity index (χ2n) is 4.53. The zero-order valence-corrected chi connectivity index (χ0v) is 11.6. The highest BCUT2D eigenvalue weighted by molar-refractivity contribution is 5.94. The monoisotopic (exact) mass is 289 g/mol. The van der Waals surface area contributed by atoms with Crippen molar-refractivity contribution in [2.75, 3.05) is 18.9 Å². The molecule has 2 rings (SSSR count). The van der Waals surface area contributed by atoms with Gasteiger partial charge in [0.05, 0.1) is 5.56 Å². The molecular formula is C16H16FNO3. The number of esters is 1. The van der Waals surface area contributed by atoms with Crippen molar-refractivity contribution in [2.24, 2.45) is 0 Å². The summed E-state index contributed by atoms with van der Waals surface area (Å²) in [6.07, 6.45) is 0. The molecule has 0 atom stereocenters. The molecule has 110 valence electrons. The van der Waals surface area contributed by atoms with Crippen LogP contribution in [0.25, 0.3) is 0 Å². The lowest BCUT2D eigenvalue weighted by atomic mass is 10.2. The Hall–Kier alpha value is -2.56. The van der Waals surface area contributed by atoms with Crippen LogP contribution in [0.4, 0.5) is 10.1 Å². The van der Waals surface area contributed by atoms with Gasteiger partial charge in [0.15, 0.2) is 0 Å². The van der Waals surface area contributed by atoms with Gasteiger partial charge in [-0.25, -0.2) is 9.18 Å². The molecule has 0 radical (unpaired) electrons. The van der Waals surface area contributed by atoms with Crippen LogP contribution in [0.5, 0.6) is 5.75 Å². The van der Waals surface area contributed by atoms with E-state index in [0.29, 0.717) is 5.75 Å². The molecule has 0 spiro atoms. The van der Waals surface area contributed by atoms with Gasteiger partial charge in [-0.15, -0.1) is 0 Å². The number of carbonyl (C=O) groups is 1. The maximum Gasteiger partial charge on any atom is 0.340 e. The molecule has 0 saturated heterocycles. The SMILES string of the molecule is Cc1cccc(OCCOC(=O)c2ccc(F)cc2N)c1. The first kappa shape index (κ1) is 14.8. The van der Waals surface area contributed by atoms with Crippen molar-refractivity contribution in [3.05, 3.63) is 59.4 Å². The molecule has 0 unspecified atom stereocenters. The zero-order chi connectivity index (χ0) is 15.2. The van der Waals surface area contributed by atoms with Crippen LogP contribution in [-0.2, 0) is 4.74 Å². The fraction of sp³-hybridized carbons (Fsp3) is 0.188. The summed E-state index contributed by atoms with van der Waals surface area (Å²) in [6, 6.07) is 11.1. The molecule has 21 heavy (non-hydrogen) atoms. The number of halogens is 1. The van der Waals surface area contributed by atoms with E-state index in [-0.39, 0.29) is 24.5 Å². The highest BCUT2D eigenvalue weighted by Gasteiger charge is 2.11. The summed E-state index contributed by atoms with van der Waals surface area (Å²) in [4.78, 5) is 11.8. The topological polar surface area (TPSA) is 61.5 Å². The molecule has 0 aliphatic rings. The smallest absolute Gasteiger partial charge is 0.340 e. The van der Waals surface area contributed by atoms with Crippen LogP contribution >= 0.6 is 0 Å². The standard InChI is InChI=1S/C16H16FNO3/c1-11-3-2-4-13(9-11)20-7-8-21-16(19)14-6-5-12(17)10-15(14)18/h2-6,9-10H,7-8,18H2,1H3. The van der Waals surface area contributed by atoms with Gasteiger partial charge in [0, 0.05) is 5.69 Å². The lowest BCUT2D eigenvalue weighted by Gasteiger charge is -2.09. The quantitative estimate of drug-likeness (QED) is 0.522. The van der Waals surface area contributed by atoms with Crippen molar-refractivity contribution in [1.82, 2.24) is 0 Å². The molecule has 2 N–H and O–H groups in total. The van der Waals surface area contributed by atoms with Gasteiger partial charge in [0.1, 0.15) is 24.8 Å².